The molecule has 1 N–H and O–H groups in total. The van der Waals surface area contributed by atoms with Gasteiger partial charge in [0.05, 0.1) is 10.7 Å². The number of carbonyl (C=O) groups excluding carboxylic acids is 1. The molecule has 13 heavy (non-hydrogen) atoms. The lowest BCUT2D eigenvalue weighted by atomic mass is 10.0. The molecule has 0 amide bonds. The average Bonchev–Trinajstić information content (AvgIpc) is 2.18. The van der Waals surface area contributed by atoms with Gasteiger partial charge in [0.15, 0.2) is 0 Å². The van der Waals surface area contributed by atoms with Gasteiger partial charge in [0.2, 0.25) is 0 Å². The molecular weight excluding hydrogens is 186 g/mol. The van der Waals surface area contributed by atoms with Crippen LogP contribution in [0.4, 0.5) is 5.69 Å². The number of carbonyl (C=O) groups is 1. The Morgan fingerprint density at radius 2 is 2.31 bits per heavy atom. The van der Waals surface area contributed by atoms with E-state index in [2.05, 4.69) is 5.32 Å². The van der Waals surface area contributed by atoms with E-state index in [1.807, 2.05) is 6.07 Å². The molecule has 0 fully saturated rings. The summed E-state index contributed by atoms with van der Waals surface area (Å²) in [6.07, 6.45) is 2.94. The van der Waals surface area contributed by atoms with E-state index in [4.69, 9.17) is 11.6 Å². The Hall–Kier alpha value is -1.02. The van der Waals surface area contributed by atoms with Crippen LogP contribution in [-0.4, -0.2) is 12.8 Å². The Morgan fingerprint density at radius 1 is 1.46 bits per heavy atom. The standard InChI is InChI=1S/C10H10ClNO/c11-9-5-7(6-13)4-8-2-1-3-12-10(8)9/h4-6,12H,1-3H2. The molecule has 1 aliphatic rings. The highest BCUT2D eigenvalue weighted by molar-refractivity contribution is 6.33. The number of aldehydes is 1. The summed E-state index contributed by atoms with van der Waals surface area (Å²) < 4.78 is 0. The quantitative estimate of drug-likeness (QED) is 0.698. The third kappa shape index (κ3) is 1.54. The molecule has 0 aromatic heterocycles. The SMILES string of the molecule is O=Cc1cc(Cl)c2c(c1)CCCN2. The van der Waals surface area contributed by atoms with Crippen molar-refractivity contribution in [3.05, 3.63) is 28.3 Å². The summed E-state index contributed by atoms with van der Waals surface area (Å²) in [5.41, 5.74) is 2.81. The Labute approximate surface area is 81.9 Å². The van der Waals surface area contributed by atoms with Crippen molar-refractivity contribution in [1.29, 1.82) is 0 Å². The van der Waals surface area contributed by atoms with Crippen molar-refractivity contribution in [3.8, 4) is 0 Å². The van der Waals surface area contributed by atoms with Crippen LogP contribution in [0.1, 0.15) is 22.3 Å². The fourth-order valence-corrected chi connectivity index (χ4v) is 1.96. The first kappa shape index (κ1) is 8.57. The molecule has 2 rings (SSSR count). The number of hydrogen-bond donors (Lipinski definition) is 1. The van der Waals surface area contributed by atoms with Crippen LogP contribution >= 0.6 is 11.6 Å². The third-order valence-electron chi connectivity index (χ3n) is 2.25. The van der Waals surface area contributed by atoms with Crippen molar-refractivity contribution in [2.75, 3.05) is 11.9 Å². The first-order chi connectivity index (χ1) is 6.31. The predicted octanol–water partition coefficient (Wildman–Crippen LogP) is 2.51. The molecule has 0 bridgehead atoms. The first-order valence-electron chi connectivity index (χ1n) is 4.33. The first-order valence-corrected chi connectivity index (χ1v) is 4.70. The molecule has 1 aromatic carbocycles. The van der Waals surface area contributed by atoms with E-state index in [0.29, 0.717) is 10.6 Å². The zero-order valence-electron chi connectivity index (χ0n) is 7.14. The van der Waals surface area contributed by atoms with Gasteiger partial charge in [-0.2, -0.15) is 0 Å². The van der Waals surface area contributed by atoms with Crippen molar-refractivity contribution in [3.63, 3.8) is 0 Å². The molecule has 3 heteroatoms. The van der Waals surface area contributed by atoms with E-state index >= 15 is 0 Å². The summed E-state index contributed by atoms with van der Waals surface area (Å²) >= 11 is 6.00. The molecule has 0 saturated carbocycles. The smallest absolute Gasteiger partial charge is 0.150 e. The van der Waals surface area contributed by atoms with Gasteiger partial charge in [0.25, 0.3) is 0 Å². The van der Waals surface area contributed by atoms with Crippen LogP contribution in [-0.2, 0) is 6.42 Å². The molecular formula is C10H10ClNO. The van der Waals surface area contributed by atoms with E-state index in [1.54, 1.807) is 6.07 Å². The van der Waals surface area contributed by atoms with E-state index in [-0.39, 0.29) is 0 Å². The number of nitrogens with one attached hydrogen (secondary N) is 1. The molecule has 1 aromatic rings. The van der Waals surface area contributed by atoms with E-state index in [9.17, 15) is 4.79 Å². The van der Waals surface area contributed by atoms with Crippen LogP contribution in [0.25, 0.3) is 0 Å². The molecule has 0 unspecified atom stereocenters. The van der Waals surface area contributed by atoms with Crippen LogP contribution in [0.2, 0.25) is 5.02 Å². The van der Waals surface area contributed by atoms with Crippen molar-refractivity contribution in [2.24, 2.45) is 0 Å². The molecule has 0 spiro atoms. The second-order valence-electron chi connectivity index (χ2n) is 3.19. The fourth-order valence-electron chi connectivity index (χ4n) is 1.64. The Morgan fingerprint density at radius 3 is 3.08 bits per heavy atom. The van der Waals surface area contributed by atoms with Crippen LogP contribution in [0.5, 0.6) is 0 Å². The van der Waals surface area contributed by atoms with Gasteiger partial charge in [-0.1, -0.05) is 11.6 Å². The van der Waals surface area contributed by atoms with Gasteiger partial charge < -0.3 is 5.32 Å². The van der Waals surface area contributed by atoms with Gasteiger partial charge in [0.1, 0.15) is 6.29 Å². The summed E-state index contributed by atoms with van der Waals surface area (Å²) in [6, 6.07) is 3.60. The lowest BCUT2D eigenvalue weighted by Crippen LogP contribution is -2.12. The van der Waals surface area contributed by atoms with Gasteiger partial charge in [-0.3, -0.25) is 4.79 Å². The maximum Gasteiger partial charge on any atom is 0.150 e. The van der Waals surface area contributed by atoms with E-state index in [0.717, 1.165) is 36.9 Å². The van der Waals surface area contributed by atoms with Gasteiger partial charge in [-0.05, 0) is 30.5 Å². The highest BCUT2D eigenvalue weighted by Gasteiger charge is 2.12. The molecule has 68 valence electrons. The van der Waals surface area contributed by atoms with Crippen molar-refractivity contribution < 1.29 is 4.79 Å². The molecule has 1 aliphatic heterocycles. The summed E-state index contributed by atoms with van der Waals surface area (Å²) in [7, 11) is 0. The van der Waals surface area contributed by atoms with Crippen molar-refractivity contribution in [2.45, 2.75) is 12.8 Å². The number of anilines is 1. The van der Waals surface area contributed by atoms with E-state index in [1.165, 1.54) is 0 Å². The Bertz CT molecular complexity index is 349. The molecule has 0 saturated heterocycles. The van der Waals surface area contributed by atoms with Crippen LogP contribution in [0.15, 0.2) is 12.1 Å². The maximum atomic E-state index is 10.6. The molecule has 1 heterocycles. The highest BCUT2D eigenvalue weighted by Crippen LogP contribution is 2.30. The van der Waals surface area contributed by atoms with Crippen LogP contribution < -0.4 is 5.32 Å². The second-order valence-corrected chi connectivity index (χ2v) is 3.59. The normalized spacial score (nSPS) is 14.5. The molecule has 0 atom stereocenters. The zero-order valence-corrected chi connectivity index (χ0v) is 7.90. The Balaban J connectivity index is 2.52. The number of rotatable bonds is 1. The zero-order chi connectivity index (χ0) is 9.26. The number of fused-ring (bicyclic) bond motifs is 1. The van der Waals surface area contributed by atoms with Crippen LogP contribution in [0.3, 0.4) is 0 Å². The average molecular weight is 196 g/mol. The summed E-state index contributed by atoms with van der Waals surface area (Å²) in [5.74, 6) is 0. The van der Waals surface area contributed by atoms with Gasteiger partial charge >= 0.3 is 0 Å². The Kier molecular flexibility index (Phi) is 2.23. The largest absolute Gasteiger partial charge is 0.384 e. The monoisotopic (exact) mass is 195 g/mol. The number of benzene rings is 1. The van der Waals surface area contributed by atoms with Crippen molar-refractivity contribution in [1.82, 2.24) is 0 Å². The number of halogens is 1. The highest BCUT2D eigenvalue weighted by atomic mass is 35.5. The predicted molar refractivity (Wildman–Crippen MR) is 53.7 cm³/mol. The van der Waals surface area contributed by atoms with Gasteiger partial charge in [0, 0.05) is 12.1 Å². The second kappa shape index (κ2) is 3.38. The lowest BCUT2D eigenvalue weighted by molar-refractivity contribution is 0.112. The lowest BCUT2D eigenvalue weighted by Gasteiger charge is -2.19. The third-order valence-corrected chi connectivity index (χ3v) is 2.55. The van der Waals surface area contributed by atoms with E-state index < -0.39 is 0 Å². The minimum Gasteiger partial charge on any atom is -0.384 e. The maximum absolute atomic E-state index is 10.6. The minimum absolute atomic E-state index is 0.652. The summed E-state index contributed by atoms with van der Waals surface area (Å²) in [5, 5.41) is 3.89. The number of hydrogen-bond acceptors (Lipinski definition) is 2. The van der Waals surface area contributed by atoms with Crippen LogP contribution in [0, 0.1) is 0 Å². The molecule has 2 nitrogen and oxygen atoms in total. The summed E-state index contributed by atoms with van der Waals surface area (Å²) in [6.45, 7) is 0.965. The molecule has 0 aliphatic carbocycles. The van der Waals surface area contributed by atoms with Crippen molar-refractivity contribution >= 4 is 23.6 Å². The van der Waals surface area contributed by atoms with Gasteiger partial charge in [-0.15, -0.1) is 0 Å². The topological polar surface area (TPSA) is 29.1 Å². The fraction of sp³-hybridized carbons (Fsp3) is 0.300. The summed E-state index contributed by atoms with van der Waals surface area (Å²) in [4.78, 5) is 10.6. The van der Waals surface area contributed by atoms with Gasteiger partial charge in [-0.25, -0.2) is 0 Å². The molecule has 0 radical (unpaired) electrons. The number of aryl methyl sites for hydroxylation is 1. The minimum atomic E-state index is 0.652.